The van der Waals surface area contributed by atoms with Crippen molar-refractivity contribution in [3.05, 3.63) is 34.3 Å². The number of halogens is 2. The molecule has 2 N–H and O–H groups in total. The van der Waals surface area contributed by atoms with Gasteiger partial charge >= 0.3 is 0 Å². The lowest BCUT2D eigenvalue weighted by atomic mass is 9.97. The molecular formula is C14H22Cl2N2O. The third-order valence-corrected chi connectivity index (χ3v) is 3.93. The Morgan fingerprint density at radius 3 is 2.63 bits per heavy atom. The minimum Gasteiger partial charge on any atom is -0.396 e. The van der Waals surface area contributed by atoms with E-state index in [9.17, 15) is 5.11 Å². The molecular weight excluding hydrogens is 283 g/mol. The zero-order valence-corrected chi connectivity index (χ0v) is 12.8. The van der Waals surface area contributed by atoms with Gasteiger partial charge in [0, 0.05) is 43.9 Å². The summed E-state index contributed by atoms with van der Waals surface area (Å²) in [5, 5.41) is 13.5. The van der Waals surface area contributed by atoms with Gasteiger partial charge in [0.05, 0.1) is 0 Å². The summed E-state index contributed by atoms with van der Waals surface area (Å²) in [6.45, 7) is 6.31. The summed E-state index contributed by atoms with van der Waals surface area (Å²) < 4.78 is 0. The van der Waals surface area contributed by atoms with Gasteiger partial charge in [0.1, 0.15) is 0 Å². The average Bonchev–Trinajstić information content (AvgIpc) is 2.38. The molecule has 1 fully saturated rings. The van der Waals surface area contributed by atoms with Gasteiger partial charge in [0.2, 0.25) is 0 Å². The number of aryl methyl sites for hydroxylation is 1. The maximum Gasteiger partial charge on any atom is 0.0456 e. The van der Waals surface area contributed by atoms with Gasteiger partial charge in [-0.15, -0.1) is 12.4 Å². The van der Waals surface area contributed by atoms with E-state index in [1.54, 1.807) is 0 Å². The standard InChI is InChI=1S/C14H21ClN2O.ClH/c1-11-3-2-4-12(15)14(11)13(5-10-18)17-8-6-16-7-9-17;/h2-4,13,16,18H,5-10H2,1H3;1H/t13-;/m1./s1. The Bertz CT molecular complexity index is 375. The van der Waals surface area contributed by atoms with Gasteiger partial charge in [-0.3, -0.25) is 4.90 Å². The van der Waals surface area contributed by atoms with Crippen LogP contribution < -0.4 is 5.32 Å². The predicted molar refractivity (Wildman–Crippen MR) is 82.3 cm³/mol. The Balaban J connectivity index is 0.00000180. The summed E-state index contributed by atoms with van der Waals surface area (Å²) in [4.78, 5) is 2.42. The number of aliphatic hydroxyl groups is 1. The molecule has 108 valence electrons. The van der Waals surface area contributed by atoms with E-state index in [0.717, 1.165) is 37.6 Å². The number of nitrogens with zero attached hydrogens (tertiary/aromatic N) is 1. The van der Waals surface area contributed by atoms with Crippen LogP contribution >= 0.6 is 24.0 Å². The Hall–Kier alpha value is -0.320. The molecule has 0 unspecified atom stereocenters. The highest BCUT2D eigenvalue weighted by molar-refractivity contribution is 6.31. The van der Waals surface area contributed by atoms with Crippen LogP contribution in [-0.4, -0.2) is 42.8 Å². The summed E-state index contributed by atoms with van der Waals surface area (Å²) in [5.74, 6) is 0. The quantitative estimate of drug-likeness (QED) is 0.896. The second-order valence-corrected chi connectivity index (χ2v) is 5.19. The molecule has 2 rings (SSSR count). The lowest BCUT2D eigenvalue weighted by molar-refractivity contribution is 0.141. The molecule has 1 aromatic rings. The van der Waals surface area contributed by atoms with E-state index in [4.69, 9.17) is 11.6 Å². The lowest BCUT2D eigenvalue weighted by Crippen LogP contribution is -2.45. The van der Waals surface area contributed by atoms with E-state index in [2.05, 4.69) is 23.2 Å². The molecule has 1 aliphatic rings. The molecule has 0 aromatic heterocycles. The number of benzene rings is 1. The van der Waals surface area contributed by atoms with E-state index >= 15 is 0 Å². The molecule has 1 aromatic carbocycles. The van der Waals surface area contributed by atoms with Crippen LogP contribution in [0.3, 0.4) is 0 Å². The number of hydrogen-bond donors (Lipinski definition) is 2. The minimum atomic E-state index is 0. The Kier molecular flexibility index (Phi) is 7.11. The fraction of sp³-hybridized carbons (Fsp3) is 0.571. The first kappa shape index (κ1) is 16.7. The molecule has 0 bridgehead atoms. The molecule has 0 saturated carbocycles. The molecule has 3 nitrogen and oxygen atoms in total. The lowest BCUT2D eigenvalue weighted by Gasteiger charge is -2.36. The molecule has 0 amide bonds. The number of piperazine rings is 1. The normalized spacial score (nSPS) is 17.8. The minimum absolute atomic E-state index is 0. The SMILES string of the molecule is Cc1cccc(Cl)c1[C@@H](CCO)N1CCNCC1.Cl. The smallest absolute Gasteiger partial charge is 0.0456 e. The molecule has 1 saturated heterocycles. The van der Waals surface area contributed by atoms with Gasteiger partial charge in [0.25, 0.3) is 0 Å². The maximum absolute atomic E-state index is 9.33. The first-order chi connectivity index (χ1) is 8.74. The summed E-state index contributed by atoms with van der Waals surface area (Å²) >= 11 is 6.36. The van der Waals surface area contributed by atoms with Crippen molar-refractivity contribution in [2.24, 2.45) is 0 Å². The van der Waals surface area contributed by atoms with Crippen molar-refractivity contribution in [3.63, 3.8) is 0 Å². The Labute approximate surface area is 126 Å². The first-order valence-corrected chi connectivity index (χ1v) is 6.92. The highest BCUT2D eigenvalue weighted by atomic mass is 35.5. The van der Waals surface area contributed by atoms with Crippen LogP contribution in [0.5, 0.6) is 0 Å². The van der Waals surface area contributed by atoms with Gasteiger partial charge in [0.15, 0.2) is 0 Å². The Morgan fingerprint density at radius 2 is 2.05 bits per heavy atom. The Morgan fingerprint density at radius 1 is 1.37 bits per heavy atom. The van der Waals surface area contributed by atoms with Gasteiger partial charge in [-0.25, -0.2) is 0 Å². The third-order valence-electron chi connectivity index (χ3n) is 3.60. The largest absolute Gasteiger partial charge is 0.396 e. The van der Waals surface area contributed by atoms with Gasteiger partial charge in [-0.05, 0) is 30.5 Å². The monoisotopic (exact) mass is 304 g/mol. The molecule has 0 aliphatic carbocycles. The fourth-order valence-electron chi connectivity index (χ4n) is 2.69. The van der Waals surface area contributed by atoms with Crippen LogP contribution in [0, 0.1) is 6.92 Å². The van der Waals surface area contributed by atoms with Crippen LogP contribution in [-0.2, 0) is 0 Å². The van der Waals surface area contributed by atoms with Crippen LogP contribution in [0.15, 0.2) is 18.2 Å². The van der Waals surface area contributed by atoms with Crippen molar-refractivity contribution in [1.29, 1.82) is 0 Å². The van der Waals surface area contributed by atoms with Crippen molar-refractivity contribution >= 4 is 24.0 Å². The number of nitrogens with one attached hydrogen (secondary N) is 1. The van der Waals surface area contributed by atoms with Crippen molar-refractivity contribution < 1.29 is 5.11 Å². The van der Waals surface area contributed by atoms with Gasteiger partial charge < -0.3 is 10.4 Å². The van der Waals surface area contributed by atoms with E-state index in [1.807, 2.05) is 12.1 Å². The van der Waals surface area contributed by atoms with Crippen LogP contribution in [0.25, 0.3) is 0 Å². The molecule has 0 radical (unpaired) electrons. The summed E-state index contributed by atoms with van der Waals surface area (Å²) in [7, 11) is 0. The topological polar surface area (TPSA) is 35.5 Å². The molecule has 0 spiro atoms. The summed E-state index contributed by atoms with van der Waals surface area (Å²) in [6.07, 6.45) is 0.741. The predicted octanol–water partition coefficient (Wildman–Crippen LogP) is 2.40. The summed E-state index contributed by atoms with van der Waals surface area (Å²) in [5.41, 5.74) is 2.38. The van der Waals surface area contributed by atoms with Crippen LogP contribution in [0.2, 0.25) is 5.02 Å². The molecule has 1 aliphatic heterocycles. The van der Waals surface area contributed by atoms with Crippen LogP contribution in [0.1, 0.15) is 23.6 Å². The fourth-order valence-corrected chi connectivity index (χ4v) is 3.04. The molecule has 5 heteroatoms. The van der Waals surface area contributed by atoms with Crippen molar-refractivity contribution in [2.45, 2.75) is 19.4 Å². The maximum atomic E-state index is 9.33. The van der Waals surface area contributed by atoms with Crippen molar-refractivity contribution in [1.82, 2.24) is 10.2 Å². The van der Waals surface area contributed by atoms with E-state index in [0.29, 0.717) is 0 Å². The zero-order valence-electron chi connectivity index (χ0n) is 11.2. The number of aliphatic hydroxyl groups excluding tert-OH is 1. The molecule has 1 atom stereocenters. The number of hydrogen-bond acceptors (Lipinski definition) is 3. The van der Waals surface area contributed by atoms with E-state index in [1.165, 1.54) is 11.1 Å². The van der Waals surface area contributed by atoms with Gasteiger partial charge in [-0.2, -0.15) is 0 Å². The van der Waals surface area contributed by atoms with Gasteiger partial charge in [-0.1, -0.05) is 23.7 Å². The summed E-state index contributed by atoms with van der Waals surface area (Å²) in [6, 6.07) is 6.24. The second kappa shape index (κ2) is 8.08. The third kappa shape index (κ3) is 4.07. The van der Waals surface area contributed by atoms with E-state index < -0.39 is 0 Å². The van der Waals surface area contributed by atoms with Crippen molar-refractivity contribution in [2.75, 3.05) is 32.8 Å². The molecule has 19 heavy (non-hydrogen) atoms. The van der Waals surface area contributed by atoms with Crippen molar-refractivity contribution in [3.8, 4) is 0 Å². The average molecular weight is 305 g/mol. The van der Waals surface area contributed by atoms with Crippen LogP contribution in [0.4, 0.5) is 0 Å². The van der Waals surface area contributed by atoms with E-state index in [-0.39, 0.29) is 25.1 Å². The highest BCUT2D eigenvalue weighted by Crippen LogP contribution is 2.32. The first-order valence-electron chi connectivity index (χ1n) is 6.54. The highest BCUT2D eigenvalue weighted by Gasteiger charge is 2.24. The zero-order chi connectivity index (χ0) is 13.0. The number of rotatable bonds is 4. The molecule has 1 heterocycles. The second-order valence-electron chi connectivity index (χ2n) is 4.78.